The highest BCUT2D eigenvalue weighted by Crippen LogP contribution is 2.26. The molecule has 9 nitrogen and oxygen atoms in total. The van der Waals surface area contributed by atoms with Crippen molar-refractivity contribution < 1.29 is 19.1 Å². The molecule has 2 heterocycles. The Hall–Kier alpha value is -2.78. The summed E-state index contributed by atoms with van der Waals surface area (Å²) in [5.74, 6) is 0.342. The summed E-state index contributed by atoms with van der Waals surface area (Å²) in [6.45, 7) is 7.94. The third-order valence-electron chi connectivity index (χ3n) is 7.19. The Bertz CT molecular complexity index is 1180. The first-order valence-electron chi connectivity index (χ1n) is 13.9. The molecular weight excluding hydrogens is 553 g/mol. The van der Waals surface area contributed by atoms with Gasteiger partial charge in [-0.15, -0.1) is 0 Å². The number of amides is 3. The van der Waals surface area contributed by atoms with E-state index in [2.05, 4.69) is 27.8 Å². The molecule has 1 saturated heterocycles. The molecule has 3 amide bonds. The normalized spacial score (nSPS) is 19.1. The van der Waals surface area contributed by atoms with Gasteiger partial charge in [0.2, 0.25) is 11.8 Å². The number of carbonyl (C=O) groups is 3. The average Bonchev–Trinajstić information content (AvgIpc) is 3.58. The zero-order valence-corrected chi connectivity index (χ0v) is 25.5. The smallest absolute Gasteiger partial charge is 0.408 e. The Labute approximate surface area is 246 Å². The van der Waals surface area contributed by atoms with E-state index in [4.69, 9.17) is 27.9 Å². The molecule has 1 aliphatic carbocycles. The maximum atomic E-state index is 13.3. The van der Waals surface area contributed by atoms with Crippen LogP contribution in [0.1, 0.15) is 70.2 Å². The highest BCUT2D eigenvalue weighted by Gasteiger charge is 2.37. The number of nitrogens with one attached hydrogen (secondary N) is 3. The largest absolute Gasteiger partial charge is 0.444 e. The van der Waals surface area contributed by atoms with E-state index in [-0.39, 0.29) is 18.2 Å². The van der Waals surface area contributed by atoms with Crippen LogP contribution in [0.4, 0.5) is 4.79 Å². The van der Waals surface area contributed by atoms with Crippen molar-refractivity contribution in [1.29, 1.82) is 0 Å². The number of aryl methyl sites for hydroxylation is 1. The Morgan fingerprint density at radius 2 is 1.95 bits per heavy atom. The topological polar surface area (TPSA) is 116 Å². The molecule has 2 aromatic rings. The second-order valence-corrected chi connectivity index (χ2v) is 12.2. The Morgan fingerprint density at radius 1 is 1.20 bits per heavy atom. The van der Waals surface area contributed by atoms with Crippen LogP contribution in [0.3, 0.4) is 0 Å². The second kappa shape index (κ2) is 14.2. The summed E-state index contributed by atoms with van der Waals surface area (Å²) >= 11 is 12.1. The molecule has 40 heavy (non-hydrogen) atoms. The van der Waals surface area contributed by atoms with Crippen LogP contribution in [0, 0.1) is 5.92 Å². The molecule has 1 aromatic carbocycles. The van der Waals surface area contributed by atoms with Crippen LogP contribution in [0.2, 0.25) is 10.0 Å². The number of rotatable bonds is 6. The minimum atomic E-state index is -0.910. The van der Waals surface area contributed by atoms with Crippen molar-refractivity contribution in [1.82, 2.24) is 25.7 Å². The van der Waals surface area contributed by atoms with Gasteiger partial charge in [-0.1, -0.05) is 42.6 Å². The SMILES string of the molecule is CCC1CCc2[nH]ncc2C1.CNC(=O)C1CCCN1C(=O)[C@@H](Cc1ccc(Cl)c(Cl)c1)NC(=O)OC(C)(C)C. The number of aromatic amines is 1. The second-order valence-electron chi connectivity index (χ2n) is 11.3. The molecule has 4 rings (SSSR count). The first kappa shape index (κ1) is 31.7. The number of H-pyrrole nitrogens is 1. The number of alkyl carbamates (subject to hydrolysis) is 1. The molecule has 1 aromatic heterocycles. The third-order valence-corrected chi connectivity index (χ3v) is 7.93. The lowest BCUT2D eigenvalue weighted by Gasteiger charge is -2.29. The number of ether oxygens (including phenoxy) is 1. The fraction of sp³-hybridized carbons (Fsp3) is 0.586. The quantitative estimate of drug-likeness (QED) is 0.431. The number of fused-ring (bicyclic) bond motifs is 1. The number of hydrogen-bond donors (Lipinski definition) is 3. The van der Waals surface area contributed by atoms with E-state index >= 15 is 0 Å². The van der Waals surface area contributed by atoms with Gasteiger partial charge < -0.3 is 20.3 Å². The summed E-state index contributed by atoms with van der Waals surface area (Å²) < 4.78 is 5.31. The van der Waals surface area contributed by atoms with Gasteiger partial charge in [0, 0.05) is 25.7 Å². The molecule has 0 spiro atoms. The van der Waals surface area contributed by atoms with Crippen LogP contribution < -0.4 is 10.6 Å². The first-order chi connectivity index (χ1) is 18.9. The van der Waals surface area contributed by atoms with Crippen molar-refractivity contribution in [3.63, 3.8) is 0 Å². The van der Waals surface area contributed by atoms with E-state index in [9.17, 15) is 14.4 Å². The maximum Gasteiger partial charge on any atom is 0.408 e. The van der Waals surface area contributed by atoms with Crippen LogP contribution in [-0.2, 0) is 33.6 Å². The van der Waals surface area contributed by atoms with Gasteiger partial charge in [-0.3, -0.25) is 14.7 Å². The molecule has 3 N–H and O–H groups in total. The zero-order chi connectivity index (χ0) is 29.4. The Morgan fingerprint density at radius 3 is 2.60 bits per heavy atom. The molecule has 3 atom stereocenters. The number of nitrogens with zero attached hydrogens (tertiary/aromatic N) is 2. The Kier molecular flexibility index (Phi) is 11.3. The standard InChI is InChI=1S/C20H27Cl2N3O4.C9H14N2/c1-20(2,3)29-19(28)24-15(11-12-7-8-13(21)14(22)10-12)18(27)25-9-5-6-16(25)17(26)23-4;1-2-7-3-4-9-8(5-7)6-10-11-9/h7-8,10,15-16H,5-6,9,11H2,1-4H3,(H,23,26)(H,24,28);6-7H,2-5H2,1H3,(H,10,11)/t15-,16?;/m1./s1. The molecule has 1 fully saturated rings. The van der Waals surface area contributed by atoms with Gasteiger partial charge >= 0.3 is 6.09 Å². The van der Waals surface area contributed by atoms with Gasteiger partial charge in [-0.25, -0.2) is 4.79 Å². The van der Waals surface area contributed by atoms with Gasteiger partial charge in [0.25, 0.3) is 0 Å². The average molecular weight is 595 g/mol. The van der Waals surface area contributed by atoms with Crippen LogP contribution in [0.15, 0.2) is 24.4 Å². The summed E-state index contributed by atoms with van der Waals surface area (Å²) in [5, 5.41) is 13.1. The van der Waals surface area contributed by atoms with Crippen LogP contribution in [-0.4, -0.2) is 64.3 Å². The van der Waals surface area contributed by atoms with E-state index in [1.807, 2.05) is 6.20 Å². The van der Waals surface area contributed by atoms with E-state index in [0.29, 0.717) is 23.0 Å². The number of benzene rings is 1. The molecule has 11 heteroatoms. The maximum absolute atomic E-state index is 13.3. The molecule has 0 saturated carbocycles. The summed E-state index contributed by atoms with van der Waals surface area (Å²) in [4.78, 5) is 39.3. The fourth-order valence-electron chi connectivity index (χ4n) is 5.06. The molecule has 2 unspecified atom stereocenters. The highest BCUT2D eigenvalue weighted by molar-refractivity contribution is 6.42. The van der Waals surface area contributed by atoms with E-state index < -0.39 is 23.8 Å². The van der Waals surface area contributed by atoms with Crippen LogP contribution in [0.5, 0.6) is 0 Å². The van der Waals surface area contributed by atoms with E-state index in [1.165, 1.54) is 48.9 Å². The van der Waals surface area contributed by atoms with Gasteiger partial charge in [0.15, 0.2) is 0 Å². The summed E-state index contributed by atoms with van der Waals surface area (Å²) in [5.41, 5.74) is 2.84. The fourth-order valence-corrected chi connectivity index (χ4v) is 5.38. The van der Waals surface area contributed by atoms with E-state index in [1.54, 1.807) is 39.0 Å². The number of carbonyl (C=O) groups excluding carboxylic acids is 3. The lowest BCUT2D eigenvalue weighted by molar-refractivity contribution is -0.139. The minimum Gasteiger partial charge on any atom is -0.444 e. The molecule has 220 valence electrons. The van der Waals surface area contributed by atoms with Crippen LogP contribution in [0.25, 0.3) is 0 Å². The highest BCUT2D eigenvalue weighted by atomic mass is 35.5. The van der Waals surface area contributed by atoms with E-state index in [0.717, 1.165) is 17.9 Å². The van der Waals surface area contributed by atoms with Crippen molar-refractivity contribution >= 4 is 41.1 Å². The summed E-state index contributed by atoms with van der Waals surface area (Å²) in [7, 11) is 1.54. The predicted octanol–water partition coefficient (Wildman–Crippen LogP) is 5.09. The van der Waals surface area contributed by atoms with Crippen LogP contribution >= 0.6 is 23.2 Å². The number of likely N-dealkylation sites (tertiary alicyclic amines) is 1. The Balaban J connectivity index is 0.000000330. The number of halogens is 2. The van der Waals surface area contributed by atoms with Gasteiger partial charge in [-0.2, -0.15) is 5.10 Å². The van der Waals surface area contributed by atoms with Crippen molar-refractivity contribution in [3.8, 4) is 0 Å². The van der Waals surface area contributed by atoms with Crippen molar-refractivity contribution in [2.24, 2.45) is 5.92 Å². The third kappa shape index (κ3) is 8.86. The molecule has 0 radical (unpaired) electrons. The zero-order valence-electron chi connectivity index (χ0n) is 24.0. The molecular formula is C29H41Cl2N5O4. The molecule has 0 bridgehead atoms. The monoisotopic (exact) mass is 593 g/mol. The molecule has 2 aliphatic rings. The van der Waals surface area contributed by atoms with Gasteiger partial charge in [0.05, 0.1) is 16.2 Å². The van der Waals surface area contributed by atoms with Crippen molar-refractivity contribution in [2.75, 3.05) is 13.6 Å². The van der Waals surface area contributed by atoms with Crippen molar-refractivity contribution in [2.45, 2.75) is 90.3 Å². The van der Waals surface area contributed by atoms with Crippen molar-refractivity contribution in [3.05, 3.63) is 51.3 Å². The van der Waals surface area contributed by atoms with Gasteiger partial charge in [0.1, 0.15) is 17.7 Å². The number of likely N-dealkylation sites (N-methyl/N-ethyl adjacent to an activating group) is 1. The predicted molar refractivity (Wildman–Crippen MR) is 157 cm³/mol. The number of hydrogen-bond acceptors (Lipinski definition) is 5. The van der Waals surface area contributed by atoms with Gasteiger partial charge in [-0.05, 0) is 82.1 Å². The summed E-state index contributed by atoms with van der Waals surface area (Å²) in [6, 6.07) is 3.57. The lowest BCUT2D eigenvalue weighted by atomic mass is 9.86. The summed E-state index contributed by atoms with van der Waals surface area (Å²) in [6.07, 6.45) is 7.86. The molecule has 1 aliphatic heterocycles. The lowest BCUT2D eigenvalue weighted by Crippen LogP contribution is -2.54. The minimum absolute atomic E-state index is 0.186. The number of aromatic nitrogens is 2. The first-order valence-corrected chi connectivity index (χ1v) is 14.6.